The lowest BCUT2D eigenvalue weighted by molar-refractivity contribution is -0.125. The number of esters is 1. The van der Waals surface area contributed by atoms with E-state index in [4.69, 9.17) is 16.3 Å². The molecule has 2 aromatic carbocycles. The van der Waals surface area contributed by atoms with Gasteiger partial charge in [-0.3, -0.25) is 9.59 Å². The smallest absolute Gasteiger partial charge is 0.339 e. The van der Waals surface area contributed by atoms with E-state index in [-0.39, 0.29) is 17.9 Å². The minimum absolute atomic E-state index is 0.0824. The number of rotatable bonds is 4. The Morgan fingerprint density at radius 2 is 1.93 bits per heavy atom. The SMILES string of the molecule is COC(=O)c1ccccc1NC(=O)[C@H]1CC(=O)Nc2c(-c3ccc(Cl)cc3)cnn21. The zero-order valence-electron chi connectivity index (χ0n) is 15.9. The van der Waals surface area contributed by atoms with Crippen LogP contribution in [0.1, 0.15) is 22.8 Å². The molecule has 8 nitrogen and oxygen atoms in total. The maximum absolute atomic E-state index is 13.0. The van der Waals surface area contributed by atoms with Crippen molar-refractivity contribution < 1.29 is 19.1 Å². The molecule has 0 radical (unpaired) electrons. The Bertz CT molecular complexity index is 1140. The summed E-state index contributed by atoms with van der Waals surface area (Å²) in [5.41, 5.74) is 1.99. The van der Waals surface area contributed by atoms with E-state index in [1.54, 1.807) is 42.6 Å². The van der Waals surface area contributed by atoms with E-state index in [0.29, 0.717) is 22.1 Å². The summed E-state index contributed by atoms with van der Waals surface area (Å²) in [4.78, 5) is 37.3. The molecule has 152 valence electrons. The van der Waals surface area contributed by atoms with Gasteiger partial charge in [0.05, 0.1) is 31.0 Å². The number of aromatic nitrogens is 2. The minimum atomic E-state index is -0.875. The summed E-state index contributed by atoms with van der Waals surface area (Å²) in [6.07, 6.45) is 1.51. The van der Waals surface area contributed by atoms with Crippen LogP contribution in [0.25, 0.3) is 11.1 Å². The molecule has 2 amide bonds. The van der Waals surface area contributed by atoms with E-state index >= 15 is 0 Å². The third-order valence-corrected chi connectivity index (χ3v) is 5.03. The van der Waals surface area contributed by atoms with Crippen molar-refractivity contribution in [3.8, 4) is 11.1 Å². The zero-order chi connectivity index (χ0) is 21.3. The van der Waals surface area contributed by atoms with Crippen molar-refractivity contribution in [3.63, 3.8) is 0 Å². The number of ether oxygens (including phenoxy) is 1. The molecule has 1 aromatic heterocycles. The summed E-state index contributed by atoms with van der Waals surface area (Å²) in [5, 5.41) is 10.4. The largest absolute Gasteiger partial charge is 0.465 e. The number of nitrogens with one attached hydrogen (secondary N) is 2. The first-order chi connectivity index (χ1) is 14.5. The van der Waals surface area contributed by atoms with Crippen LogP contribution in [0.2, 0.25) is 5.02 Å². The fourth-order valence-corrected chi connectivity index (χ4v) is 3.43. The predicted molar refractivity (Wildman–Crippen MR) is 111 cm³/mol. The van der Waals surface area contributed by atoms with Gasteiger partial charge in [-0.2, -0.15) is 5.10 Å². The van der Waals surface area contributed by atoms with E-state index in [0.717, 1.165) is 5.56 Å². The second-order valence-electron chi connectivity index (χ2n) is 6.65. The molecule has 2 heterocycles. The van der Waals surface area contributed by atoms with Crippen LogP contribution < -0.4 is 10.6 Å². The number of amides is 2. The number of fused-ring (bicyclic) bond motifs is 1. The predicted octanol–water partition coefficient (Wildman–Crippen LogP) is 3.51. The Morgan fingerprint density at radius 1 is 1.20 bits per heavy atom. The summed E-state index contributed by atoms with van der Waals surface area (Å²) in [6, 6.07) is 12.7. The summed E-state index contributed by atoms with van der Waals surface area (Å²) in [5.74, 6) is -0.917. The molecular weight excluding hydrogens is 408 g/mol. The van der Waals surface area contributed by atoms with Gasteiger partial charge < -0.3 is 15.4 Å². The Kier molecular flexibility index (Phi) is 5.24. The first kappa shape index (κ1) is 19.7. The molecule has 30 heavy (non-hydrogen) atoms. The Balaban J connectivity index is 1.66. The second-order valence-corrected chi connectivity index (χ2v) is 7.09. The normalized spacial score (nSPS) is 15.1. The van der Waals surface area contributed by atoms with Crippen LogP contribution in [-0.4, -0.2) is 34.7 Å². The maximum atomic E-state index is 13.0. The summed E-state index contributed by atoms with van der Waals surface area (Å²) < 4.78 is 6.23. The molecule has 0 fully saturated rings. The number of hydrogen-bond acceptors (Lipinski definition) is 5. The van der Waals surface area contributed by atoms with Crippen LogP contribution in [0.5, 0.6) is 0 Å². The Morgan fingerprint density at radius 3 is 2.67 bits per heavy atom. The van der Waals surface area contributed by atoms with Crippen LogP contribution in [-0.2, 0) is 14.3 Å². The molecule has 0 spiro atoms. The zero-order valence-corrected chi connectivity index (χ0v) is 16.6. The van der Waals surface area contributed by atoms with Crippen molar-refractivity contribution in [2.24, 2.45) is 0 Å². The third kappa shape index (κ3) is 3.65. The maximum Gasteiger partial charge on any atom is 0.339 e. The molecule has 0 saturated carbocycles. The van der Waals surface area contributed by atoms with Crippen LogP contribution in [0.15, 0.2) is 54.7 Å². The summed E-state index contributed by atoms with van der Waals surface area (Å²) >= 11 is 5.95. The quantitative estimate of drug-likeness (QED) is 0.624. The molecule has 1 aliphatic heterocycles. The van der Waals surface area contributed by atoms with Crippen molar-refractivity contribution in [2.75, 3.05) is 17.7 Å². The minimum Gasteiger partial charge on any atom is -0.465 e. The Hall–Kier alpha value is -3.65. The van der Waals surface area contributed by atoms with E-state index in [1.165, 1.54) is 11.8 Å². The van der Waals surface area contributed by atoms with E-state index < -0.39 is 17.9 Å². The molecule has 0 unspecified atom stereocenters. The van der Waals surface area contributed by atoms with Gasteiger partial charge in [-0.15, -0.1) is 0 Å². The molecule has 0 aliphatic carbocycles. The average molecular weight is 425 g/mol. The highest BCUT2D eigenvalue weighted by atomic mass is 35.5. The average Bonchev–Trinajstić information content (AvgIpc) is 3.17. The molecule has 0 bridgehead atoms. The molecule has 0 saturated heterocycles. The number of halogens is 1. The lowest BCUT2D eigenvalue weighted by atomic mass is 10.1. The van der Waals surface area contributed by atoms with Gasteiger partial charge in [0.1, 0.15) is 11.9 Å². The van der Waals surface area contributed by atoms with E-state index in [9.17, 15) is 14.4 Å². The standard InChI is InChI=1S/C21H17ClN4O4/c1-30-21(29)14-4-2-3-5-16(14)24-20(28)17-10-18(27)25-19-15(11-23-26(17)19)12-6-8-13(22)9-7-12/h2-9,11,17H,10H2,1H3,(H,24,28)(H,25,27)/t17-/m1/s1. The van der Waals surface area contributed by atoms with E-state index in [1.807, 2.05) is 12.1 Å². The van der Waals surface area contributed by atoms with Crippen molar-refractivity contribution in [1.29, 1.82) is 0 Å². The van der Waals surface area contributed by atoms with Gasteiger partial charge in [-0.05, 0) is 29.8 Å². The van der Waals surface area contributed by atoms with E-state index in [2.05, 4.69) is 15.7 Å². The van der Waals surface area contributed by atoms with Gasteiger partial charge >= 0.3 is 5.97 Å². The fourth-order valence-electron chi connectivity index (χ4n) is 3.31. The number of hydrogen-bond donors (Lipinski definition) is 2. The number of carbonyl (C=O) groups excluding carboxylic acids is 3. The highest BCUT2D eigenvalue weighted by molar-refractivity contribution is 6.30. The van der Waals surface area contributed by atoms with Crippen molar-refractivity contribution in [1.82, 2.24) is 9.78 Å². The molecular formula is C21H17ClN4O4. The molecule has 9 heteroatoms. The van der Waals surface area contributed by atoms with Gasteiger partial charge in [0.25, 0.3) is 0 Å². The van der Waals surface area contributed by atoms with Crippen LogP contribution in [0.4, 0.5) is 11.5 Å². The highest BCUT2D eigenvalue weighted by Crippen LogP contribution is 2.35. The number of benzene rings is 2. The number of carbonyl (C=O) groups is 3. The van der Waals surface area contributed by atoms with Crippen molar-refractivity contribution in [3.05, 3.63) is 65.3 Å². The second kappa shape index (κ2) is 8.00. The Labute approximate surface area is 176 Å². The lowest BCUT2D eigenvalue weighted by Gasteiger charge is -2.25. The molecule has 1 aliphatic rings. The van der Waals surface area contributed by atoms with Gasteiger partial charge in [0, 0.05) is 10.6 Å². The van der Waals surface area contributed by atoms with Gasteiger partial charge in [-0.25, -0.2) is 9.48 Å². The van der Waals surface area contributed by atoms with Crippen molar-refractivity contribution in [2.45, 2.75) is 12.5 Å². The van der Waals surface area contributed by atoms with Crippen LogP contribution >= 0.6 is 11.6 Å². The molecule has 2 N–H and O–H groups in total. The third-order valence-electron chi connectivity index (χ3n) is 4.78. The van der Waals surface area contributed by atoms with Gasteiger partial charge in [0.2, 0.25) is 11.8 Å². The number of para-hydroxylation sites is 1. The van der Waals surface area contributed by atoms with Crippen molar-refractivity contribution >= 4 is 40.9 Å². The van der Waals surface area contributed by atoms with Gasteiger partial charge in [0.15, 0.2) is 0 Å². The van der Waals surface area contributed by atoms with Crippen LogP contribution in [0.3, 0.4) is 0 Å². The molecule has 1 atom stereocenters. The number of methoxy groups -OCH3 is 1. The summed E-state index contributed by atoms with van der Waals surface area (Å²) in [7, 11) is 1.26. The fraction of sp³-hybridized carbons (Fsp3) is 0.143. The topological polar surface area (TPSA) is 102 Å². The molecule has 4 rings (SSSR count). The van der Waals surface area contributed by atoms with Crippen LogP contribution in [0, 0.1) is 0 Å². The summed E-state index contributed by atoms with van der Waals surface area (Å²) in [6.45, 7) is 0. The first-order valence-corrected chi connectivity index (χ1v) is 9.47. The highest BCUT2D eigenvalue weighted by Gasteiger charge is 2.33. The number of nitrogens with zero attached hydrogens (tertiary/aromatic N) is 2. The monoisotopic (exact) mass is 424 g/mol. The van der Waals surface area contributed by atoms with Gasteiger partial charge in [-0.1, -0.05) is 35.9 Å². The first-order valence-electron chi connectivity index (χ1n) is 9.09. The number of anilines is 2. The molecule has 3 aromatic rings. The lowest BCUT2D eigenvalue weighted by Crippen LogP contribution is -2.36.